The van der Waals surface area contributed by atoms with Crippen LogP contribution in [0.5, 0.6) is 0 Å². The lowest BCUT2D eigenvalue weighted by Crippen LogP contribution is -2.54. The number of morpholine rings is 1. The van der Waals surface area contributed by atoms with Gasteiger partial charge in [0.15, 0.2) is 5.13 Å². The van der Waals surface area contributed by atoms with Gasteiger partial charge in [-0.15, -0.1) is 11.3 Å². The van der Waals surface area contributed by atoms with Crippen LogP contribution in [0.2, 0.25) is 0 Å². The Balaban J connectivity index is 1.54. The number of nitrogens with zero attached hydrogens (tertiary/aromatic N) is 4. The van der Waals surface area contributed by atoms with E-state index in [1.54, 1.807) is 10.5 Å². The number of anilines is 1. The summed E-state index contributed by atoms with van der Waals surface area (Å²) in [6.45, 7) is 5.12. The van der Waals surface area contributed by atoms with Crippen LogP contribution in [0.4, 0.5) is 5.13 Å². The Labute approximate surface area is 134 Å². The van der Waals surface area contributed by atoms with Gasteiger partial charge < -0.3 is 10.5 Å². The second-order valence-corrected chi connectivity index (χ2v) is 8.43. The summed E-state index contributed by atoms with van der Waals surface area (Å²) >= 11 is 1.48. The standard InChI is InChI=1S/C12H21N5O3S2/c13-12-14-9-11(21-12)10-15-1-3-16(4-2-15)22(18,19)17-5-7-20-8-6-17/h9H,1-8,10H2,(H2,13,14). The first kappa shape index (κ1) is 16.1. The van der Waals surface area contributed by atoms with Gasteiger partial charge in [0.2, 0.25) is 0 Å². The van der Waals surface area contributed by atoms with Gasteiger partial charge in [-0.25, -0.2) is 4.98 Å². The van der Waals surface area contributed by atoms with E-state index >= 15 is 0 Å². The van der Waals surface area contributed by atoms with E-state index in [1.807, 2.05) is 0 Å². The predicted octanol–water partition coefficient (Wildman–Crippen LogP) is -0.580. The molecule has 22 heavy (non-hydrogen) atoms. The second-order valence-electron chi connectivity index (χ2n) is 5.36. The fourth-order valence-corrected chi connectivity index (χ4v) is 4.96. The molecule has 2 aliphatic heterocycles. The highest BCUT2D eigenvalue weighted by molar-refractivity contribution is 7.86. The third kappa shape index (κ3) is 3.58. The van der Waals surface area contributed by atoms with Gasteiger partial charge in [-0.2, -0.15) is 17.0 Å². The van der Waals surface area contributed by atoms with Crippen molar-refractivity contribution in [2.24, 2.45) is 0 Å². The van der Waals surface area contributed by atoms with Crippen molar-refractivity contribution < 1.29 is 13.2 Å². The molecule has 0 bridgehead atoms. The maximum absolute atomic E-state index is 12.6. The van der Waals surface area contributed by atoms with Crippen LogP contribution in [0.3, 0.4) is 0 Å². The number of ether oxygens (including phenoxy) is 1. The van der Waals surface area contributed by atoms with Crippen molar-refractivity contribution in [2.75, 3.05) is 58.2 Å². The van der Waals surface area contributed by atoms with Crippen LogP contribution in [0, 0.1) is 0 Å². The second kappa shape index (κ2) is 6.77. The zero-order valence-electron chi connectivity index (χ0n) is 12.3. The van der Waals surface area contributed by atoms with E-state index in [0.717, 1.165) is 24.5 Å². The van der Waals surface area contributed by atoms with E-state index in [4.69, 9.17) is 10.5 Å². The highest BCUT2D eigenvalue weighted by Gasteiger charge is 2.33. The molecular formula is C12H21N5O3S2. The van der Waals surface area contributed by atoms with Crippen LogP contribution in [0.25, 0.3) is 0 Å². The zero-order chi connectivity index (χ0) is 15.6. The number of hydrogen-bond acceptors (Lipinski definition) is 7. The van der Waals surface area contributed by atoms with Crippen LogP contribution in [0.15, 0.2) is 6.20 Å². The molecule has 2 aliphatic rings. The minimum absolute atomic E-state index is 0.447. The molecule has 124 valence electrons. The largest absolute Gasteiger partial charge is 0.379 e. The molecule has 3 heterocycles. The molecule has 0 saturated carbocycles. The molecule has 1 aromatic heterocycles. The van der Waals surface area contributed by atoms with Gasteiger partial charge in [-0.3, -0.25) is 4.90 Å². The minimum atomic E-state index is -3.35. The van der Waals surface area contributed by atoms with Gasteiger partial charge in [0.1, 0.15) is 0 Å². The molecule has 0 unspecified atom stereocenters. The summed E-state index contributed by atoms with van der Waals surface area (Å²) in [5.74, 6) is 0. The first-order chi connectivity index (χ1) is 10.6. The summed E-state index contributed by atoms with van der Waals surface area (Å²) in [6.07, 6.45) is 1.79. The number of thiazole rings is 1. The molecular weight excluding hydrogens is 326 g/mol. The summed E-state index contributed by atoms with van der Waals surface area (Å²) in [6, 6.07) is 0. The van der Waals surface area contributed by atoms with Crippen molar-refractivity contribution >= 4 is 26.7 Å². The number of rotatable bonds is 4. The van der Waals surface area contributed by atoms with Gasteiger partial charge in [-0.05, 0) is 0 Å². The topological polar surface area (TPSA) is 92.0 Å². The van der Waals surface area contributed by atoms with E-state index < -0.39 is 10.2 Å². The summed E-state index contributed by atoms with van der Waals surface area (Å²) in [7, 11) is -3.35. The molecule has 2 N–H and O–H groups in total. The predicted molar refractivity (Wildman–Crippen MR) is 84.7 cm³/mol. The average molecular weight is 347 g/mol. The normalized spacial score (nSPS) is 22.9. The third-order valence-electron chi connectivity index (χ3n) is 3.90. The van der Waals surface area contributed by atoms with Crippen LogP contribution in [-0.4, -0.2) is 79.4 Å². The molecule has 1 aromatic rings. The first-order valence-electron chi connectivity index (χ1n) is 7.31. The summed E-state index contributed by atoms with van der Waals surface area (Å²) in [4.78, 5) is 7.39. The number of nitrogen functional groups attached to an aromatic ring is 1. The molecule has 3 rings (SSSR count). The first-order valence-corrected chi connectivity index (χ1v) is 9.52. The van der Waals surface area contributed by atoms with Crippen LogP contribution < -0.4 is 5.73 Å². The zero-order valence-corrected chi connectivity index (χ0v) is 14.0. The molecule has 0 atom stereocenters. The summed E-state index contributed by atoms with van der Waals surface area (Å²) in [5, 5.41) is 0.573. The lowest BCUT2D eigenvalue weighted by atomic mass is 10.3. The Kier molecular flexibility index (Phi) is 4.95. The van der Waals surface area contributed by atoms with Crippen molar-refractivity contribution in [1.29, 1.82) is 0 Å². The van der Waals surface area contributed by atoms with Crippen LogP contribution in [-0.2, 0) is 21.5 Å². The van der Waals surface area contributed by atoms with Crippen molar-refractivity contribution in [2.45, 2.75) is 6.54 Å². The molecule has 10 heteroatoms. The Bertz CT molecular complexity index is 592. The quantitative estimate of drug-likeness (QED) is 0.783. The van der Waals surface area contributed by atoms with Crippen molar-refractivity contribution in [3.05, 3.63) is 11.1 Å². The van der Waals surface area contributed by atoms with Gasteiger partial charge in [0.05, 0.1) is 13.2 Å². The Hall–Kier alpha value is -0.780. The minimum Gasteiger partial charge on any atom is -0.379 e. The van der Waals surface area contributed by atoms with Gasteiger partial charge >= 0.3 is 0 Å². The molecule has 2 saturated heterocycles. The third-order valence-corrected chi connectivity index (χ3v) is 6.75. The summed E-state index contributed by atoms with van der Waals surface area (Å²) in [5.41, 5.74) is 5.63. The van der Waals surface area contributed by atoms with E-state index in [0.29, 0.717) is 44.5 Å². The van der Waals surface area contributed by atoms with E-state index in [2.05, 4.69) is 9.88 Å². The molecule has 2 fully saturated rings. The van der Waals surface area contributed by atoms with Gasteiger partial charge in [-0.1, -0.05) is 0 Å². The van der Waals surface area contributed by atoms with Gasteiger partial charge in [0.25, 0.3) is 10.2 Å². The van der Waals surface area contributed by atoms with Crippen LogP contribution >= 0.6 is 11.3 Å². The monoisotopic (exact) mass is 347 g/mol. The van der Waals surface area contributed by atoms with E-state index in [1.165, 1.54) is 15.6 Å². The number of piperazine rings is 1. The Morgan fingerprint density at radius 2 is 1.77 bits per heavy atom. The van der Waals surface area contributed by atoms with E-state index in [9.17, 15) is 8.42 Å². The molecule has 0 amide bonds. The smallest absolute Gasteiger partial charge is 0.282 e. The lowest BCUT2D eigenvalue weighted by molar-refractivity contribution is 0.0684. The highest BCUT2D eigenvalue weighted by atomic mass is 32.2. The Morgan fingerprint density at radius 1 is 1.14 bits per heavy atom. The van der Waals surface area contributed by atoms with Crippen molar-refractivity contribution in [3.8, 4) is 0 Å². The lowest BCUT2D eigenvalue weighted by Gasteiger charge is -2.37. The summed E-state index contributed by atoms with van der Waals surface area (Å²) < 4.78 is 33.4. The van der Waals surface area contributed by atoms with Gasteiger partial charge in [0, 0.05) is 56.9 Å². The number of hydrogen-bond donors (Lipinski definition) is 1. The van der Waals surface area contributed by atoms with Crippen molar-refractivity contribution in [3.63, 3.8) is 0 Å². The number of aromatic nitrogens is 1. The van der Waals surface area contributed by atoms with E-state index in [-0.39, 0.29) is 0 Å². The molecule has 0 radical (unpaired) electrons. The fraction of sp³-hybridized carbons (Fsp3) is 0.750. The fourth-order valence-electron chi connectivity index (χ4n) is 2.68. The Morgan fingerprint density at radius 3 is 2.36 bits per heavy atom. The molecule has 0 aromatic carbocycles. The maximum atomic E-state index is 12.6. The maximum Gasteiger partial charge on any atom is 0.282 e. The number of nitrogens with two attached hydrogens (primary N) is 1. The molecule has 8 nitrogen and oxygen atoms in total. The SMILES string of the molecule is Nc1ncc(CN2CCN(S(=O)(=O)N3CCOCC3)CC2)s1. The average Bonchev–Trinajstić information content (AvgIpc) is 2.94. The van der Waals surface area contributed by atoms with Crippen molar-refractivity contribution in [1.82, 2.24) is 18.5 Å². The van der Waals surface area contributed by atoms with Crippen LogP contribution in [0.1, 0.15) is 4.88 Å². The molecule has 0 spiro atoms. The molecule has 0 aliphatic carbocycles. The highest BCUT2D eigenvalue weighted by Crippen LogP contribution is 2.19.